The minimum atomic E-state index is -0.541. The number of hydrogen-bond donors (Lipinski definition) is 1. The van der Waals surface area contributed by atoms with Gasteiger partial charge in [-0.3, -0.25) is 9.59 Å². The lowest BCUT2D eigenvalue weighted by atomic mass is 9.86. The number of methoxy groups -OCH3 is 1. The first-order valence-corrected chi connectivity index (χ1v) is 11.5. The maximum absolute atomic E-state index is 12.4. The number of benzene rings is 1. The van der Waals surface area contributed by atoms with Crippen LogP contribution in [0.1, 0.15) is 66.3 Å². The summed E-state index contributed by atoms with van der Waals surface area (Å²) in [5.41, 5.74) is 3.94. The zero-order valence-electron chi connectivity index (χ0n) is 19.8. The fourth-order valence-electron chi connectivity index (χ4n) is 4.35. The van der Waals surface area contributed by atoms with Gasteiger partial charge in [0.1, 0.15) is 0 Å². The number of carbonyl (C=O) groups is 3. The monoisotopic (exact) mass is 455 g/mol. The van der Waals surface area contributed by atoms with E-state index in [0.29, 0.717) is 24.3 Å². The fourth-order valence-corrected chi connectivity index (χ4v) is 4.35. The lowest BCUT2D eigenvalue weighted by molar-refractivity contribution is -0.140. The highest BCUT2D eigenvalue weighted by molar-refractivity contribution is 5.91. The molecular weight excluding hydrogens is 422 g/mol. The van der Waals surface area contributed by atoms with Gasteiger partial charge < -0.3 is 14.8 Å². The molecule has 1 aromatic carbocycles. The highest BCUT2D eigenvalue weighted by atomic mass is 16.5. The molecule has 1 aromatic heterocycles. The van der Waals surface area contributed by atoms with E-state index in [9.17, 15) is 14.4 Å². The molecule has 1 saturated carbocycles. The summed E-state index contributed by atoms with van der Waals surface area (Å²) < 4.78 is 11.7. The van der Waals surface area contributed by atoms with Gasteiger partial charge in [0, 0.05) is 18.2 Å². The van der Waals surface area contributed by atoms with E-state index >= 15 is 0 Å². The van der Waals surface area contributed by atoms with E-state index in [-0.39, 0.29) is 24.5 Å². The van der Waals surface area contributed by atoms with E-state index in [1.54, 1.807) is 28.9 Å². The van der Waals surface area contributed by atoms with Crippen LogP contribution in [0.15, 0.2) is 24.3 Å². The van der Waals surface area contributed by atoms with Gasteiger partial charge in [-0.15, -0.1) is 0 Å². The van der Waals surface area contributed by atoms with Gasteiger partial charge in [-0.05, 0) is 68.9 Å². The lowest BCUT2D eigenvalue weighted by Crippen LogP contribution is -2.42. The second-order valence-corrected chi connectivity index (χ2v) is 8.70. The molecule has 8 nitrogen and oxygen atoms in total. The molecule has 0 spiro atoms. The van der Waals surface area contributed by atoms with Crippen molar-refractivity contribution in [1.29, 1.82) is 0 Å². The van der Waals surface area contributed by atoms with Crippen molar-refractivity contribution < 1.29 is 23.9 Å². The maximum atomic E-state index is 12.4. The number of carbonyl (C=O) groups excluding carboxylic acids is 3. The van der Waals surface area contributed by atoms with Crippen LogP contribution in [0.25, 0.3) is 5.69 Å². The predicted octanol–water partition coefficient (Wildman–Crippen LogP) is 3.45. The Morgan fingerprint density at radius 2 is 1.82 bits per heavy atom. The number of esters is 2. The summed E-state index contributed by atoms with van der Waals surface area (Å²) in [6, 6.07) is 7.03. The highest BCUT2D eigenvalue weighted by Crippen LogP contribution is 2.24. The Hall–Kier alpha value is -3.16. The fraction of sp³-hybridized carbons (Fsp3) is 0.520. The third-order valence-electron chi connectivity index (χ3n) is 6.39. The smallest absolute Gasteiger partial charge is 0.338 e. The Bertz CT molecular complexity index is 996. The number of nitrogens with one attached hydrogen (secondary N) is 1. The van der Waals surface area contributed by atoms with Crippen LogP contribution < -0.4 is 5.32 Å². The van der Waals surface area contributed by atoms with Gasteiger partial charge in [0.15, 0.2) is 6.61 Å². The van der Waals surface area contributed by atoms with E-state index in [1.807, 2.05) is 13.8 Å². The van der Waals surface area contributed by atoms with Gasteiger partial charge in [-0.25, -0.2) is 9.48 Å². The van der Waals surface area contributed by atoms with Crippen molar-refractivity contribution in [3.63, 3.8) is 0 Å². The SMILES string of the molecule is COC(=O)CCc1c(C)nn(-c2ccc(C(=O)OCC(=O)NC3CCCCC3C)cc2)c1C. The Morgan fingerprint density at radius 3 is 2.48 bits per heavy atom. The first kappa shape index (κ1) is 24.5. The summed E-state index contributed by atoms with van der Waals surface area (Å²) in [6.07, 6.45) is 5.24. The van der Waals surface area contributed by atoms with Crippen molar-refractivity contribution in [2.75, 3.05) is 13.7 Å². The molecule has 0 aliphatic heterocycles. The summed E-state index contributed by atoms with van der Waals surface area (Å²) in [5.74, 6) is -0.617. The standard InChI is InChI=1S/C25H33N3O5/c1-16-7-5-6-8-22(16)26-23(29)15-33-25(31)19-9-11-20(12-10-19)28-18(3)21(17(2)27-28)13-14-24(30)32-4/h9-12,16,22H,5-8,13-15H2,1-4H3,(H,26,29). The quantitative estimate of drug-likeness (QED) is 0.612. The van der Waals surface area contributed by atoms with Crippen molar-refractivity contribution >= 4 is 17.8 Å². The van der Waals surface area contributed by atoms with Gasteiger partial charge in [0.25, 0.3) is 5.91 Å². The third-order valence-corrected chi connectivity index (χ3v) is 6.39. The molecule has 1 N–H and O–H groups in total. The van der Waals surface area contributed by atoms with Gasteiger partial charge >= 0.3 is 11.9 Å². The Kier molecular flexibility index (Phi) is 8.25. The first-order valence-electron chi connectivity index (χ1n) is 11.5. The van der Waals surface area contributed by atoms with E-state index in [0.717, 1.165) is 41.9 Å². The molecule has 0 saturated heterocycles. The predicted molar refractivity (Wildman–Crippen MR) is 123 cm³/mol. The second-order valence-electron chi connectivity index (χ2n) is 8.70. The minimum Gasteiger partial charge on any atom is -0.469 e. The van der Waals surface area contributed by atoms with Crippen LogP contribution in [0.5, 0.6) is 0 Å². The summed E-state index contributed by atoms with van der Waals surface area (Å²) in [5, 5.41) is 7.56. The van der Waals surface area contributed by atoms with Crippen LogP contribution in [0.3, 0.4) is 0 Å². The largest absolute Gasteiger partial charge is 0.469 e. The summed E-state index contributed by atoms with van der Waals surface area (Å²) in [7, 11) is 1.38. The number of ether oxygens (including phenoxy) is 2. The molecule has 1 heterocycles. The Balaban J connectivity index is 1.58. The average Bonchev–Trinajstić information content (AvgIpc) is 3.10. The van der Waals surface area contributed by atoms with Crippen molar-refractivity contribution in [2.45, 2.75) is 65.3 Å². The summed E-state index contributed by atoms with van der Waals surface area (Å²) in [4.78, 5) is 36.1. The number of aromatic nitrogens is 2. The average molecular weight is 456 g/mol. The number of hydrogen-bond acceptors (Lipinski definition) is 6. The molecule has 1 aliphatic rings. The van der Waals surface area contributed by atoms with Gasteiger partial charge in [-0.1, -0.05) is 19.8 Å². The summed E-state index contributed by atoms with van der Waals surface area (Å²) in [6.45, 7) is 5.70. The van der Waals surface area contributed by atoms with Crippen molar-refractivity contribution in [2.24, 2.45) is 5.92 Å². The highest BCUT2D eigenvalue weighted by Gasteiger charge is 2.23. The molecule has 2 unspecified atom stereocenters. The Labute approximate surface area is 194 Å². The van der Waals surface area contributed by atoms with E-state index in [4.69, 9.17) is 9.47 Å². The molecular formula is C25H33N3O5. The number of aryl methyl sites for hydroxylation is 1. The Morgan fingerprint density at radius 1 is 1.12 bits per heavy atom. The van der Waals surface area contributed by atoms with Gasteiger partial charge in [0.2, 0.25) is 0 Å². The molecule has 0 bridgehead atoms. The molecule has 1 fully saturated rings. The van der Waals surface area contributed by atoms with Crippen LogP contribution >= 0.6 is 0 Å². The lowest BCUT2D eigenvalue weighted by Gasteiger charge is -2.29. The van der Waals surface area contributed by atoms with Gasteiger partial charge in [-0.2, -0.15) is 5.10 Å². The topological polar surface area (TPSA) is 99.5 Å². The van der Waals surface area contributed by atoms with E-state index < -0.39 is 5.97 Å². The maximum Gasteiger partial charge on any atom is 0.338 e. The molecule has 8 heteroatoms. The molecule has 0 radical (unpaired) electrons. The van der Waals surface area contributed by atoms with E-state index in [2.05, 4.69) is 17.3 Å². The molecule has 178 valence electrons. The first-order chi connectivity index (χ1) is 15.8. The molecule has 2 atom stereocenters. The molecule has 2 aromatic rings. The van der Waals surface area contributed by atoms with Crippen molar-refractivity contribution in [3.8, 4) is 5.69 Å². The van der Waals surface area contributed by atoms with Crippen molar-refractivity contribution in [1.82, 2.24) is 15.1 Å². The van der Waals surface area contributed by atoms with Gasteiger partial charge in [0.05, 0.1) is 24.1 Å². The second kappa shape index (κ2) is 11.1. The van der Waals surface area contributed by atoms with Crippen LogP contribution in [-0.4, -0.2) is 47.4 Å². The zero-order chi connectivity index (χ0) is 24.0. The molecule has 1 amide bonds. The van der Waals surface area contributed by atoms with E-state index in [1.165, 1.54) is 13.5 Å². The van der Waals surface area contributed by atoms with Crippen LogP contribution in [0.4, 0.5) is 0 Å². The normalized spacial score (nSPS) is 17.9. The van der Waals surface area contributed by atoms with Crippen LogP contribution in [-0.2, 0) is 25.5 Å². The van der Waals surface area contributed by atoms with Crippen LogP contribution in [0, 0.1) is 19.8 Å². The minimum absolute atomic E-state index is 0.155. The number of rotatable bonds is 8. The summed E-state index contributed by atoms with van der Waals surface area (Å²) >= 11 is 0. The molecule has 1 aliphatic carbocycles. The van der Waals surface area contributed by atoms with Crippen molar-refractivity contribution in [3.05, 3.63) is 46.8 Å². The number of amides is 1. The van der Waals surface area contributed by atoms with Crippen LogP contribution in [0.2, 0.25) is 0 Å². The zero-order valence-corrected chi connectivity index (χ0v) is 19.8. The molecule has 33 heavy (non-hydrogen) atoms. The third kappa shape index (κ3) is 6.21. The number of nitrogens with zero attached hydrogens (tertiary/aromatic N) is 2. The molecule has 3 rings (SSSR count).